The molecule has 0 aliphatic rings. The quantitative estimate of drug-likeness (QED) is 0.941. The number of aromatic nitrogens is 2. The minimum Gasteiger partial charge on any atom is -0.336 e. The first kappa shape index (κ1) is 11.8. The first-order valence-corrected chi connectivity index (χ1v) is 6.79. The van der Waals surface area contributed by atoms with E-state index in [1.165, 1.54) is 4.88 Å². The maximum Gasteiger partial charge on any atom is 0.131 e. The predicted molar refractivity (Wildman–Crippen MR) is 70.7 cm³/mol. The second kappa shape index (κ2) is 5.12. The van der Waals surface area contributed by atoms with Gasteiger partial charge in [-0.2, -0.15) is 0 Å². The van der Waals surface area contributed by atoms with Crippen LogP contribution in [0.25, 0.3) is 0 Å². The smallest absolute Gasteiger partial charge is 0.131 e. The molecule has 5 heteroatoms. The molecule has 1 unspecified atom stereocenters. The van der Waals surface area contributed by atoms with Crippen LogP contribution in [0.2, 0.25) is 0 Å². The zero-order valence-corrected chi connectivity index (χ0v) is 11.7. The lowest BCUT2D eigenvalue weighted by Gasteiger charge is -2.15. The van der Waals surface area contributed by atoms with Crippen molar-refractivity contribution in [1.29, 1.82) is 0 Å². The summed E-state index contributed by atoms with van der Waals surface area (Å²) in [6, 6.07) is 4.39. The maximum absolute atomic E-state index is 4.41. The van der Waals surface area contributed by atoms with Gasteiger partial charge in [0.2, 0.25) is 0 Å². The lowest BCUT2D eigenvalue weighted by molar-refractivity contribution is 0.584. The van der Waals surface area contributed by atoms with Crippen LogP contribution < -0.4 is 5.32 Å². The van der Waals surface area contributed by atoms with Crippen molar-refractivity contribution in [3.63, 3.8) is 0 Å². The number of imidazole rings is 1. The highest BCUT2D eigenvalue weighted by Crippen LogP contribution is 2.30. The zero-order chi connectivity index (χ0) is 11.5. The summed E-state index contributed by atoms with van der Waals surface area (Å²) in [5.74, 6) is 1.05. The topological polar surface area (TPSA) is 29.9 Å². The van der Waals surface area contributed by atoms with Crippen molar-refractivity contribution in [3.8, 4) is 0 Å². The number of hydrogen-bond acceptors (Lipinski definition) is 3. The van der Waals surface area contributed by atoms with Gasteiger partial charge in [0, 0.05) is 24.3 Å². The SMILES string of the molecule is CCNC(c1ccc(Br)s1)c1nccn1C. The van der Waals surface area contributed by atoms with E-state index in [4.69, 9.17) is 0 Å². The van der Waals surface area contributed by atoms with Crippen LogP contribution in [0.5, 0.6) is 0 Å². The number of aryl methyl sites for hydroxylation is 1. The van der Waals surface area contributed by atoms with Crippen LogP contribution in [-0.4, -0.2) is 16.1 Å². The van der Waals surface area contributed by atoms with Crippen molar-refractivity contribution >= 4 is 27.3 Å². The van der Waals surface area contributed by atoms with E-state index in [1.807, 2.05) is 19.4 Å². The second-order valence-electron chi connectivity index (χ2n) is 3.53. The third kappa shape index (κ3) is 2.36. The highest BCUT2D eigenvalue weighted by atomic mass is 79.9. The molecule has 1 N–H and O–H groups in total. The minimum atomic E-state index is 0.182. The summed E-state index contributed by atoms with van der Waals surface area (Å²) in [7, 11) is 2.02. The zero-order valence-electron chi connectivity index (χ0n) is 9.27. The third-order valence-corrected chi connectivity index (χ3v) is 4.09. The molecular weight excluding hydrogens is 286 g/mol. The maximum atomic E-state index is 4.41. The number of nitrogens with zero attached hydrogens (tertiary/aromatic N) is 2. The van der Waals surface area contributed by atoms with Gasteiger partial charge < -0.3 is 9.88 Å². The Bertz CT molecular complexity index is 463. The van der Waals surface area contributed by atoms with E-state index >= 15 is 0 Å². The number of rotatable bonds is 4. The van der Waals surface area contributed by atoms with E-state index in [2.05, 4.69) is 49.9 Å². The summed E-state index contributed by atoms with van der Waals surface area (Å²) < 4.78 is 3.21. The number of hydrogen-bond donors (Lipinski definition) is 1. The van der Waals surface area contributed by atoms with Crippen LogP contribution in [0, 0.1) is 0 Å². The van der Waals surface area contributed by atoms with E-state index in [-0.39, 0.29) is 6.04 Å². The number of nitrogens with one attached hydrogen (secondary N) is 1. The molecule has 2 rings (SSSR count). The van der Waals surface area contributed by atoms with Crippen molar-refractivity contribution in [3.05, 3.63) is 39.0 Å². The molecule has 86 valence electrons. The van der Waals surface area contributed by atoms with Crippen molar-refractivity contribution in [2.75, 3.05) is 6.54 Å². The van der Waals surface area contributed by atoms with Crippen LogP contribution in [0.4, 0.5) is 0 Å². The summed E-state index contributed by atoms with van der Waals surface area (Å²) in [5.41, 5.74) is 0. The molecular formula is C11H14BrN3S. The molecule has 0 radical (unpaired) electrons. The Morgan fingerprint density at radius 3 is 2.88 bits per heavy atom. The average Bonchev–Trinajstić information content (AvgIpc) is 2.84. The highest BCUT2D eigenvalue weighted by Gasteiger charge is 2.18. The predicted octanol–water partition coefficient (Wildman–Crippen LogP) is 2.94. The van der Waals surface area contributed by atoms with Gasteiger partial charge in [0.25, 0.3) is 0 Å². The fourth-order valence-electron chi connectivity index (χ4n) is 1.66. The average molecular weight is 300 g/mol. The van der Waals surface area contributed by atoms with Crippen LogP contribution in [0.1, 0.15) is 23.7 Å². The van der Waals surface area contributed by atoms with Gasteiger partial charge in [-0.3, -0.25) is 0 Å². The summed E-state index contributed by atoms with van der Waals surface area (Å²) in [6.45, 7) is 3.03. The molecule has 0 spiro atoms. The monoisotopic (exact) mass is 299 g/mol. The van der Waals surface area contributed by atoms with Gasteiger partial charge in [-0.1, -0.05) is 6.92 Å². The molecule has 0 fully saturated rings. The standard InChI is InChI=1S/C11H14BrN3S/c1-3-13-10(8-4-5-9(12)16-8)11-14-6-7-15(11)2/h4-7,10,13H,3H2,1-2H3. The van der Waals surface area contributed by atoms with Crippen LogP contribution in [-0.2, 0) is 7.05 Å². The second-order valence-corrected chi connectivity index (χ2v) is 6.02. The molecule has 0 saturated heterocycles. The van der Waals surface area contributed by atoms with Gasteiger partial charge in [0.15, 0.2) is 0 Å². The van der Waals surface area contributed by atoms with Crippen LogP contribution in [0.15, 0.2) is 28.3 Å². The van der Waals surface area contributed by atoms with E-state index < -0.39 is 0 Å². The molecule has 16 heavy (non-hydrogen) atoms. The van der Waals surface area contributed by atoms with Gasteiger partial charge in [0.05, 0.1) is 3.79 Å². The van der Waals surface area contributed by atoms with E-state index in [1.54, 1.807) is 11.3 Å². The van der Waals surface area contributed by atoms with E-state index in [0.29, 0.717) is 0 Å². The molecule has 0 aromatic carbocycles. The Labute approximate surface area is 108 Å². The first-order valence-electron chi connectivity index (χ1n) is 5.18. The van der Waals surface area contributed by atoms with Crippen molar-refractivity contribution < 1.29 is 0 Å². The molecule has 1 atom stereocenters. The molecule has 0 bridgehead atoms. The van der Waals surface area contributed by atoms with Crippen LogP contribution >= 0.6 is 27.3 Å². The molecule has 2 aromatic heterocycles. The van der Waals surface area contributed by atoms with Crippen molar-refractivity contribution in [2.24, 2.45) is 7.05 Å². The lowest BCUT2D eigenvalue weighted by Crippen LogP contribution is -2.23. The first-order chi connectivity index (χ1) is 7.72. The fourth-order valence-corrected chi connectivity index (χ4v) is 3.16. The Kier molecular flexibility index (Phi) is 3.78. The molecule has 2 aromatic rings. The summed E-state index contributed by atoms with van der Waals surface area (Å²) >= 11 is 5.24. The molecule has 2 heterocycles. The minimum absolute atomic E-state index is 0.182. The molecule has 0 amide bonds. The third-order valence-electron chi connectivity index (χ3n) is 2.40. The van der Waals surface area contributed by atoms with Crippen molar-refractivity contribution in [1.82, 2.24) is 14.9 Å². The van der Waals surface area contributed by atoms with Gasteiger partial charge >= 0.3 is 0 Å². The molecule has 3 nitrogen and oxygen atoms in total. The van der Waals surface area contributed by atoms with Gasteiger partial charge in [-0.15, -0.1) is 11.3 Å². The Morgan fingerprint density at radius 2 is 2.38 bits per heavy atom. The normalized spacial score (nSPS) is 12.9. The molecule has 0 aliphatic heterocycles. The summed E-state index contributed by atoms with van der Waals surface area (Å²) in [6.07, 6.45) is 3.81. The van der Waals surface area contributed by atoms with Gasteiger partial charge in [-0.25, -0.2) is 4.98 Å². The molecule has 0 saturated carbocycles. The Balaban J connectivity index is 2.34. The summed E-state index contributed by atoms with van der Waals surface area (Å²) in [4.78, 5) is 5.69. The van der Waals surface area contributed by atoms with Crippen LogP contribution in [0.3, 0.4) is 0 Å². The molecule has 0 aliphatic carbocycles. The van der Waals surface area contributed by atoms with Gasteiger partial charge in [-0.05, 0) is 34.6 Å². The van der Waals surface area contributed by atoms with E-state index in [9.17, 15) is 0 Å². The highest BCUT2D eigenvalue weighted by molar-refractivity contribution is 9.11. The lowest BCUT2D eigenvalue weighted by atomic mass is 10.2. The Morgan fingerprint density at radius 1 is 1.56 bits per heavy atom. The summed E-state index contributed by atoms with van der Waals surface area (Å²) in [5, 5.41) is 3.46. The Hall–Kier alpha value is -0.650. The number of thiophene rings is 1. The number of halogens is 1. The van der Waals surface area contributed by atoms with E-state index in [0.717, 1.165) is 16.2 Å². The van der Waals surface area contributed by atoms with Crippen molar-refractivity contribution in [2.45, 2.75) is 13.0 Å². The largest absolute Gasteiger partial charge is 0.336 e. The van der Waals surface area contributed by atoms with Gasteiger partial charge in [0.1, 0.15) is 11.9 Å². The fraction of sp³-hybridized carbons (Fsp3) is 0.364.